The van der Waals surface area contributed by atoms with Gasteiger partial charge in [-0.1, -0.05) is 24.6 Å². The number of carbonyl (C=O) groups excluding carboxylic acids is 1. The summed E-state index contributed by atoms with van der Waals surface area (Å²) >= 11 is 0. The molecule has 0 fully saturated rings. The van der Waals surface area contributed by atoms with Crippen molar-refractivity contribution in [3.05, 3.63) is 41.2 Å². The van der Waals surface area contributed by atoms with Gasteiger partial charge < -0.3 is 19.2 Å². The molecule has 28 heavy (non-hydrogen) atoms. The summed E-state index contributed by atoms with van der Waals surface area (Å²) in [6, 6.07) is 7.81. The third-order valence-electron chi connectivity index (χ3n) is 4.82. The van der Waals surface area contributed by atoms with E-state index < -0.39 is 6.10 Å². The van der Waals surface area contributed by atoms with Gasteiger partial charge in [0.15, 0.2) is 11.5 Å². The maximum absolute atomic E-state index is 12.7. The van der Waals surface area contributed by atoms with Crippen LogP contribution in [-0.2, 0) is 29.0 Å². The highest BCUT2D eigenvalue weighted by Crippen LogP contribution is 2.33. The number of ether oxygens (including phenoxy) is 2. The van der Waals surface area contributed by atoms with Crippen LogP contribution < -0.4 is 9.47 Å². The van der Waals surface area contributed by atoms with Gasteiger partial charge in [-0.05, 0) is 30.2 Å². The van der Waals surface area contributed by atoms with E-state index in [2.05, 4.69) is 22.3 Å². The van der Waals surface area contributed by atoms with E-state index in [0.717, 1.165) is 47.0 Å². The van der Waals surface area contributed by atoms with Crippen LogP contribution in [0.15, 0.2) is 29.4 Å². The molecule has 0 aliphatic carbocycles. The molecule has 1 N–H and O–H groups in total. The molecule has 1 atom stereocenters. The number of aryl methyl sites for hydroxylation is 1. The number of nitrogens with one attached hydrogen (secondary N) is 1. The normalized spacial score (nSPS) is 17.4. The summed E-state index contributed by atoms with van der Waals surface area (Å²) < 4.78 is 10.7. The molecule has 1 unspecified atom stereocenters. The minimum absolute atomic E-state index is 0.0870. The van der Waals surface area contributed by atoms with Crippen LogP contribution >= 0.6 is 0 Å². The molecule has 0 radical (unpaired) electrons. The van der Waals surface area contributed by atoms with E-state index in [-0.39, 0.29) is 12.7 Å². The molecule has 2 aromatic rings. The second kappa shape index (κ2) is 7.92. The Labute approximate surface area is 163 Å². The zero-order valence-electron chi connectivity index (χ0n) is 16.1. The number of rotatable bonds is 7. The maximum Gasteiger partial charge on any atom is 0.266 e. The number of hydrogen-bond donors (Lipinski definition) is 1. The Kier molecular flexibility index (Phi) is 5.18. The molecule has 2 aliphatic heterocycles. The summed E-state index contributed by atoms with van der Waals surface area (Å²) in [5, 5.41) is 11.4. The smallest absolute Gasteiger partial charge is 0.266 e. The zero-order valence-corrected chi connectivity index (χ0v) is 16.1. The molecule has 0 spiro atoms. The third kappa shape index (κ3) is 3.95. The van der Waals surface area contributed by atoms with Gasteiger partial charge in [-0.15, -0.1) is 0 Å². The van der Waals surface area contributed by atoms with Crippen molar-refractivity contribution >= 4 is 11.6 Å². The summed E-state index contributed by atoms with van der Waals surface area (Å²) in [7, 11) is 1.77. The van der Waals surface area contributed by atoms with Crippen LogP contribution in [0.1, 0.15) is 36.7 Å². The first-order chi connectivity index (χ1) is 13.6. The zero-order chi connectivity index (χ0) is 19.5. The maximum atomic E-state index is 12.7. The molecule has 148 valence electrons. The molecule has 2 aliphatic rings. The summed E-state index contributed by atoms with van der Waals surface area (Å²) in [6.45, 7) is 2.83. The molecule has 0 saturated heterocycles. The van der Waals surface area contributed by atoms with Crippen LogP contribution in [-0.4, -0.2) is 46.7 Å². The van der Waals surface area contributed by atoms with Gasteiger partial charge in [0.2, 0.25) is 12.9 Å². The summed E-state index contributed by atoms with van der Waals surface area (Å²) in [6.07, 6.45) is 2.49. The van der Waals surface area contributed by atoms with Crippen molar-refractivity contribution in [3.63, 3.8) is 0 Å². The molecule has 1 aromatic carbocycles. The highest BCUT2D eigenvalue weighted by atomic mass is 16.7. The van der Waals surface area contributed by atoms with Gasteiger partial charge in [-0.3, -0.25) is 9.89 Å². The number of aromatic amines is 1. The Morgan fingerprint density at radius 2 is 2.14 bits per heavy atom. The minimum Gasteiger partial charge on any atom is -0.454 e. The summed E-state index contributed by atoms with van der Waals surface area (Å²) in [4.78, 5) is 19.7. The van der Waals surface area contributed by atoms with Gasteiger partial charge in [0.25, 0.3) is 5.91 Å². The van der Waals surface area contributed by atoms with Crippen molar-refractivity contribution in [2.45, 2.75) is 45.3 Å². The number of hydrogen-bond acceptors (Lipinski definition) is 6. The molecule has 4 rings (SSSR count). The SMILES string of the molecule is CCCc1cc(CN(C)C(=O)C2CC(Cc3ccc4c(c3)OCO4)=NO2)[nH]n1. The van der Waals surface area contributed by atoms with E-state index in [1.807, 2.05) is 24.3 Å². The van der Waals surface area contributed by atoms with Crippen molar-refractivity contribution in [2.24, 2.45) is 5.16 Å². The van der Waals surface area contributed by atoms with E-state index in [1.54, 1.807) is 11.9 Å². The monoisotopic (exact) mass is 384 g/mol. The molecule has 1 aromatic heterocycles. The Morgan fingerprint density at radius 1 is 1.29 bits per heavy atom. The number of oxime groups is 1. The Hall–Kier alpha value is -3.03. The second-order valence-electron chi connectivity index (χ2n) is 7.15. The number of likely N-dealkylation sites (N-methyl/N-ethyl adjacent to an activating group) is 1. The molecule has 0 bridgehead atoms. The number of nitrogens with zero attached hydrogens (tertiary/aromatic N) is 3. The summed E-state index contributed by atoms with van der Waals surface area (Å²) in [5.74, 6) is 1.41. The quantitative estimate of drug-likeness (QED) is 0.792. The number of benzene rings is 1. The molecule has 0 saturated carbocycles. The van der Waals surface area contributed by atoms with Crippen LogP contribution in [0.4, 0.5) is 0 Å². The first kappa shape index (κ1) is 18.3. The van der Waals surface area contributed by atoms with Crippen LogP contribution in [0.5, 0.6) is 11.5 Å². The third-order valence-corrected chi connectivity index (χ3v) is 4.82. The number of aromatic nitrogens is 2. The largest absolute Gasteiger partial charge is 0.454 e. The molecule has 3 heterocycles. The number of H-pyrrole nitrogens is 1. The lowest BCUT2D eigenvalue weighted by molar-refractivity contribution is -0.141. The number of amides is 1. The topological polar surface area (TPSA) is 89.0 Å². The van der Waals surface area contributed by atoms with Crippen LogP contribution in [0.25, 0.3) is 0 Å². The van der Waals surface area contributed by atoms with Crippen LogP contribution in [0.2, 0.25) is 0 Å². The molecule has 1 amide bonds. The fourth-order valence-corrected chi connectivity index (χ4v) is 3.40. The molecular formula is C20H24N4O4. The van der Waals surface area contributed by atoms with E-state index in [0.29, 0.717) is 19.4 Å². The number of fused-ring (bicyclic) bond motifs is 1. The number of carbonyl (C=O) groups is 1. The van der Waals surface area contributed by atoms with Gasteiger partial charge in [0, 0.05) is 19.9 Å². The van der Waals surface area contributed by atoms with E-state index >= 15 is 0 Å². The second-order valence-corrected chi connectivity index (χ2v) is 7.15. The van der Waals surface area contributed by atoms with E-state index in [4.69, 9.17) is 14.3 Å². The van der Waals surface area contributed by atoms with Crippen molar-refractivity contribution < 1.29 is 19.1 Å². The molecule has 8 nitrogen and oxygen atoms in total. The highest BCUT2D eigenvalue weighted by molar-refractivity contribution is 5.94. The van der Waals surface area contributed by atoms with Crippen molar-refractivity contribution in [1.82, 2.24) is 15.1 Å². The predicted octanol–water partition coefficient (Wildman–Crippen LogP) is 2.44. The van der Waals surface area contributed by atoms with Gasteiger partial charge in [-0.25, -0.2) is 0 Å². The Balaban J connectivity index is 1.30. The minimum atomic E-state index is -0.577. The summed E-state index contributed by atoms with van der Waals surface area (Å²) in [5.41, 5.74) is 3.83. The lowest BCUT2D eigenvalue weighted by Gasteiger charge is -2.18. The first-order valence-corrected chi connectivity index (χ1v) is 9.50. The lowest BCUT2D eigenvalue weighted by Crippen LogP contribution is -2.36. The average Bonchev–Trinajstić information content (AvgIpc) is 3.42. The molecule has 8 heteroatoms. The molecular weight excluding hydrogens is 360 g/mol. The highest BCUT2D eigenvalue weighted by Gasteiger charge is 2.31. The van der Waals surface area contributed by atoms with E-state index in [9.17, 15) is 4.79 Å². The van der Waals surface area contributed by atoms with Gasteiger partial charge in [-0.2, -0.15) is 5.10 Å². The predicted molar refractivity (Wildman–Crippen MR) is 102 cm³/mol. The van der Waals surface area contributed by atoms with Crippen molar-refractivity contribution in [3.8, 4) is 11.5 Å². The first-order valence-electron chi connectivity index (χ1n) is 9.50. The Bertz CT molecular complexity index is 892. The fourth-order valence-electron chi connectivity index (χ4n) is 3.40. The lowest BCUT2D eigenvalue weighted by atomic mass is 10.0. The standard InChI is InChI=1S/C20H24N4O4/c1-3-4-14-9-16(22-21-14)11-24(2)20(25)19-10-15(23-28-19)7-13-5-6-17-18(8-13)27-12-26-17/h5-6,8-9,19H,3-4,7,10-12H2,1-2H3,(H,21,22). The van der Waals surface area contributed by atoms with Gasteiger partial charge in [0.05, 0.1) is 23.6 Å². The van der Waals surface area contributed by atoms with E-state index in [1.165, 1.54) is 0 Å². The van der Waals surface area contributed by atoms with Gasteiger partial charge in [0.1, 0.15) is 0 Å². The van der Waals surface area contributed by atoms with Crippen molar-refractivity contribution in [1.29, 1.82) is 0 Å². The van der Waals surface area contributed by atoms with Crippen LogP contribution in [0.3, 0.4) is 0 Å². The van der Waals surface area contributed by atoms with Crippen molar-refractivity contribution in [2.75, 3.05) is 13.8 Å². The average molecular weight is 384 g/mol. The van der Waals surface area contributed by atoms with Crippen LogP contribution in [0, 0.1) is 0 Å². The van der Waals surface area contributed by atoms with Gasteiger partial charge >= 0.3 is 0 Å². The Morgan fingerprint density at radius 3 is 3.00 bits per heavy atom. The fraction of sp³-hybridized carbons (Fsp3) is 0.450.